The van der Waals surface area contributed by atoms with Crippen LogP contribution in [0.1, 0.15) is 53.0 Å². The van der Waals surface area contributed by atoms with Gasteiger partial charge in [0.15, 0.2) is 0 Å². The summed E-state index contributed by atoms with van der Waals surface area (Å²) in [4.78, 5) is 39.2. The minimum Gasteiger partial charge on any atom is -0.481 e. The number of rotatable bonds is 7. The summed E-state index contributed by atoms with van der Waals surface area (Å²) in [5, 5.41) is 8.96. The molecule has 0 bridgehead atoms. The molecule has 0 aromatic heterocycles. The van der Waals surface area contributed by atoms with Gasteiger partial charge in [-0.15, -0.1) is 11.8 Å². The number of benzene rings is 1. The smallest absolute Gasteiger partial charge is 0.320 e. The van der Waals surface area contributed by atoms with E-state index < -0.39 is 28.7 Å². The van der Waals surface area contributed by atoms with Crippen LogP contribution in [-0.4, -0.2) is 40.9 Å². The van der Waals surface area contributed by atoms with E-state index in [0.29, 0.717) is 19.3 Å². The van der Waals surface area contributed by atoms with Crippen molar-refractivity contribution >= 4 is 35.3 Å². The number of nitrogens with zero attached hydrogens (tertiary/aromatic N) is 1. The number of carboxylic acid groups (broad SMARTS) is 1. The summed E-state index contributed by atoms with van der Waals surface area (Å²) in [6.07, 6.45) is 1.46. The molecule has 1 aliphatic rings. The van der Waals surface area contributed by atoms with Crippen LogP contribution in [0.15, 0.2) is 23.1 Å². The highest BCUT2D eigenvalue weighted by molar-refractivity contribution is 8.00. The number of carbonyl (C=O) groups is 3. The first-order valence-electron chi connectivity index (χ1n) is 9.91. The molecule has 29 heavy (non-hydrogen) atoms. The number of carbonyl (C=O) groups excluding carboxylic acids is 2. The van der Waals surface area contributed by atoms with E-state index in [1.807, 2.05) is 32.0 Å². The maximum atomic E-state index is 12.9. The van der Waals surface area contributed by atoms with Gasteiger partial charge in [-0.1, -0.05) is 13.8 Å². The quantitative estimate of drug-likeness (QED) is 0.526. The van der Waals surface area contributed by atoms with Gasteiger partial charge in [-0.3, -0.25) is 14.4 Å². The lowest BCUT2D eigenvalue weighted by Gasteiger charge is -2.29. The van der Waals surface area contributed by atoms with Gasteiger partial charge in [0, 0.05) is 24.1 Å². The molecule has 0 fully saturated rings. The number of hydrogen-bond donors (Lipinski definition) is 1. The molecule has 160 valence electrons. The average molecular weight is 422 g/mol. The van der Waals surface area contributed by atoms with Gasteiger partial charge in [-0.05, 0) is 63.3 Å². The fraction of sp³-hybridized carbons (Fsp3) is 0.591. The number of amides is 1. The molecule has 0 unspecified atom stereocenters. The number of fused-ring (bicyclic) bond motifs is 1. The molecule has 0 saturated carbocycles. The second-order valence-corrected chi connectivity index (χ2v) is 10.1. The molecule has 1 N–H and O–H groups in total. The van der Waals surface area contributed by atoms with Crippen molar-refractivity contribution in [1.29, 1.82) is 0 Å². The molecule has 1 aromatic carbocycles. The van der Waals surface area contributed by atoms with E-state index in [4.69, 9.17) is 4.74 Å². The van der Waals surface area contributed by atoms with Crippen molar-refractivity contribution in [2.45, 2.75) is 69.6 Å². The maximum Gasteiger partial charge on any atom is 0.320 e. The zero-order chi connectivity index (χ0) is 21.9. The van der Waals surface area contributed by atoms with Gasteiger partial charge in [0.1, 0.15) is 10.9 Å². The number of thioether (sulfide) groups is 1. The Bertz CT molecular complexity index is 784. The molecule has 7 heteroatoms. The van der Waals surface area contributed by atoms with E-state index >= 15 is 0 Å². The Morgan fingerprint density at radius 1 is 1.24 bits per heavy atom. The summed E-state index contributed by atoms with van der Waals surface area (Å²) in [6.45, 7) is 9.21. The van der Waals surface area contributed by atoms with Crippen LogP contribution in [0.2, 0.25) is 0 Å². The summed E-state index contributed by atoms with van der Waals surface area (Å²) in [6, 6.07) is 5.65. The third kappa shape index (κ3) is 6.23. The standard InChI is InChI=1S/C22H31NO5S/c1-13(2)11-16(20(25)26)19(21(27)28-22(3,4)5)29-15-8-9-17-14(12-15)7-10-18(24)23(17)6/h8-9,12-13,16,19H,7,10-11H2,1-6H3,(H,25,26)/t16-,19+/m1/s1. The van der Waals surface area contributed by atoms with Gasteiger partial charge in [0.05, 0.1) is 5.92 Å². The van der Waals surface area contributed by atoms with Gasteiger partial charge >= 0.3 is 11.9 Å². The molecule has 2 atom stereocenters. The molecule has 0 spiro atoms. The van der Waals surface area contributed by atoms with E-state index in [2.05, 4.69) is 0 Å². The summed E-state index contributed by atoms with van der Waals surface area (Å²) >= 11 is 1.23. The van der Waals surface area contributed by atoms with Crippen LogP contribution < -0.4 is 4.90 Å². The zero-order valence-electron chi connectivity index (χ0n) is 18.0. The number of ether oxygens (including phenoxy) is 1. The Labute approximate surface area is 177 Å². The van der Waals surface area contributed by atoms with Crippen LogP contribution in [0.25, 0.3) is 0 Å². The highest BCUT2D eigenvalue weighted by Gasteiger charge is 2.38. The Balaban J connectivity index is 2.35. The van der Waals surface area contributed by atoms with Crippen molar-refractivity contribution in [2.75, 3.05) is 11.9 Å². The van der Waals surface area contributed by atoms with Gasteiger partial charge in [-0.2, -0.15) is 0 Å². The third-order valence-electron chi connectivity index (χ3n) is 4.70. The fourth-order valence-electron chi connectivity index (χ4n) is 3.37. The predicted octanol–water partition coefficient (Wildman–Crippen LogP) is 4.14. The molecule has 6 nitrogen and oxygen atoms in total. The van der Waals surface area contributed by atoms with Crippen LogP contribution in [0, 0.1) is 11.8 Å². The number of aliphatic carboxylic acids is 1. The highest BCUT2D eigenvalue weighted by Crippen LogP contribution is 2.37. The van der Waals surface area contributed by atoms with E-state index in [9.17, 15) is 19.5 Å². The van der Waals surface area contributed by atoms with Gasteiger partial charge < -0.3 is 14.7 Å². The summed E-state index contributed by atoms with van der Waals surface area (Å²) in [5.41, 5.74) is 1.18. The van der Waals surface area contributed by atoms with Crippen LogP contribution in [0.4, 0.5) is 5.69 Å². The first-order valence-corrected chi connectivity index (χ1v) is 10.8. The van der Waals surface area contributed by atoms with Gasteiger partial charge in [0.25, 0.3) is 0 Å². The topological polar surface area (TPSA) is 83.9 Å². The number of aryl methyl sites for hydroxylation is 1. The van der Waals surface area contributed by atoms with Crippen LogP contribution in [0.5, 0.6) is 0 Å². The minimum absolute atomic E-state index is 0.0763. The lowest BCUT2D eigenvalue weighted by atomic mass is 9.94. The monoisotopic (exact) mass is 421 g/mol. The molecule has 0 aliphatic carbocycles. The summed E-state index contributed by atoms with van der Waals surface area (Å²) in [7, 11) is 1.75. The normalized spacial score (nSPS) is 16.4. The van der Waals surface area contributed by atoms with E-state index in [1.54, 1.807) is 32.7 Å². The third-order valence-corrected chi connectivity index (χ3v) is 6.01. The van der Waals surface area contributed by atoms with Crippen molar-refractivity contribution in [3.05, 3.63) is 23.8 Å². The molecule has 1 amide bonds. The fourth-order valence-corrected chi connectivity index (χ4v) is 4.56. The highest BCUT2D eigenvalue weighted by atomic mass is 32.2. The lowest BCUT2D eigenvalue weighted by Crippen LogP contribution is -2.38. The largest absolute Gasteiger partial charge is 0.481 e. The predicted molar refractivity (Wildman–Crippen MR) is 114 cm³/mol. The van der Waals surface area contributed by atoms with Gasteiger partial charge in [0.2, 0.25) is 5.91 Å². The van der Waals surface area contributed by atoms with Gasteiger partial charge in [-0.25, -0.2) is 0 Å². The Kier molecular flexibility index (Phi) is 7.38. The lowest BCUT2D eigenvalue weighted by molar-refractivity contribution is -0.159. The Morgan fingerprint density at radius 2 is 1.90 bits per heavy atom. The molecular formula is C22H31NO5S. The second-order valence-electron chi connectivity index (χ2n) is 8.89. The van der Waals surface area contributed by atoms with Crippen molar-refractivity contribution in [1.82, 2.24) is 0 Å². The first-order chi connectivity index (χ1) is 13.4. The van der Waals surface area contributed by atoms with E-state index in [-0.39, 0.29) is 11.8 Å². The maximum absolute atomic E-state index is 12.9. The summed E-state index contributed by atoms with van der Waals surface area (Å²) in [5.74, 6) is -2.15. The zero-order valence-corrected chi connectivity index (χ0v) is 18.8. The molecule has 1 aromatic rings. The van der Waals surface area contributed by atoms with Crippen LogP contribution >= 0.6 is 11.8 Å². The van der Waals surface area contributed by atoms with Crippen molar-refractivity contribution in [2.24, 2.45) is 11.8 Å². The number of hydrogen-bond acceptors (Lipinski definition) is 5. The van der Waals surface area contributed by atoms with Crippen LogP contribution in [0.3, 0.4) is 0 Å². The molecule has 0 radical (unpaired) electrons. The first kappa shape index (κ1) is 23.3. The Morgan fingerprint density at radius 3 is 2.45 bits per heavy atom. The number of esters is 1. The van der Waals surface area contributed by atoms with Crippen molar-refractivity contribution < 1.29 is 24.2 Å². The number of carboxylic acids is 1. The average Bonchev–Trinajstić information content (AvgIpc) is 2.59. The van der Waals surface area contributed by atoms with E-state index in [1.165, 1.54) is 11.8 Å². The van der Waals surface area contributed by atoms with Crippen molar-refractivity contribution in [3.8, 4) is 0 Å². The molecule has 1 heterocycles. The van der Waals surface area contributed by atoms with Crippen LogP contribution in [-0.2, 0) is 25.5 Å². The molecule has 1 aliphatic heterocycles. The summed E-state index contributed by atoms with van der Waals surface area (Å²) < 4.78 is 5.55. The Hall–Kier alpha value is -2.02. The minimum atomic E-state index is -0.995. The number of anilines is 1. The molecule has 2 rings (SSSR count). The second kappa shape index (κ2) is 9.20. The SMILES string of the molecule is CC(C)C[C@@H](C(=O)O)[C@H](Sc1ccc2c(c1)CCC(=O)N2C)C(=O)OC(C)(C)C. The van der Waals surface area contributed by atoms with Crippen molar-refractivity contribution in [3.63, 3.8) is 0 Å². The molecule has 0 saturated heterocycles. The molecular weight excluding hydrogens is 390 g/mol. The van der Waals surface area contributed by atoms with E-state index in [0.717, 1.165) is 16.1 Å².